The molecule has 5 rings (SSSR count). The number of rotatable bonds is 5. The fraction of sp³-hybridized carbons (Fsp3) is 0.0833. The third-order valence-electron chi connectivity index (χ3n) is 6.19. The number of H-pyrrole nitrogens is 2. The lowest BCUT2D eigenvalue weighted by Crippen LogP contribution is -2.25. The molecule has 158 valence electrons. The summed E-state index contributed by atoms with van der Waals surface area (Å²) in [5, 5.41) is 24.7. The van der Waals surface area contributed by atoms with Gasteiger partial charge >= 0.3 is 0 Å². The molecular formula is C24H18N4O4. The number of nitrogens with one attached hydrogen (secondary N) is 2. The predicted octanol–water partition coefficient (Wildman–Crippen LogP) is 5.82. The molecule has 0 amide bonds. The van der Waals surface area contributed by atoms with Crippen molar-refractivity contribution in [3.63, 3.8) is 0 Å². The SMILES string of the molecule is CC(c1ccccc1)(c1c[nH]c2cccc([N+](=O)[O-])c12)c1c[nH]c2cccc([N+](=O)[O-])c12. The molecule has 0 aliphatic heterocycles. The summed E-state index contributed by atoms with van der Waals surface area (Å²) in [4.78, 5) is 29.2. The van der Waals surface area contributed by atoms with Crippen LogP contribution in [0, 0.1) is 20.2 Å². The Balaban J connectivity index is 1.94. The molecule has 0 unspecified atom stereocenters. The van der Waals surface area contributed by atoms with Crippen molar-refractivity contribution >= 4 is 33.2 Å². The number of benzene rings is 3. The summed E-state index contributed by atoms with van der Waals surface area (Å²) in [5.74, 6) is 0. The number of nitro groups is 2. The number of hydrogen-bond acceptors (Lipinski definition) is 4. The Kier molecular flexibility index (Phi) is 4.30. The molecule has 0 saturated carbocycles. The third-order valence-corrected chi connectivity index (χ3v) is 6.19. The fourth-order valence-corrected chi connectivity index (χ4v) is 4.65. The zero-order valence-corrected chi connectivity index (χ0v) is 17.0. The summed E-state index contributed by atoms with van der Waals surface area (Å²) >= 11 is 0. The van der Waals surface area contributed by atoms with E-state index in [1.54, 1.807) is 36.7 Å². The summed E-state index contributed by atoms with van der Waals surface area (Å²) in [7, 11) is 0. The topological polar surface area (TPSA) is 118 Å². The highest BCUT2D eigenvalue weighted by molar-refractivity contribution is 5.98. The van der Waals surface area contributed by atoms with Gasteiger partial charge in [0.05, 0.1) is 31.7 Å². The number of nitro benzene ring substituents is 2. The van der Waals surface area contributed by atoms with Crippen LogP contribution in [0.5, 0.6) is 0 Å². The highest BCUT2D eigenvalue weighted by atomic mass is 16.6. The van der Waals surface area contributed by atoms with Crippen LogP contribution in [0.4, 0.5) is 11.4 Å². The van der Waals surface area contributed by atoms with Crippen LogP contribution < -0.4 is 0 Å². The molecule has 2 N–H and O–H groups in total. The van der Waals surface area contributed by atoms with Gasteiger partial charge in [0.2, 0.25) is 0 Å². The predicted molar refractivity (Wildman–Crippen MR) is 122 cm³/mol. The fourth-order valence-electron chi connectivity index (χ4n) is 4.65. The summed E-state index contributed by atoms with van der Waals surface area (Å²) in [6.45, 7) is 1.95. The van der Waals surface area contributed by atoms with Crippen LogP contribution in [0.25, 0.3) is 21.8 Å². The summed E-state index contributed by atoms with van der Waals surface area (Å²) < 4.78 is 0. The Morgan fingerprint density at radius 2 is 1.16 bits per heavy atom. The van der Waals surface area contributed by atoms with Crippen molar-refractivity contribution in [2.75, 3.05) is 0 Å². The minimum Gasteiger partial charge on any atom is -0.361 e. The van der Waals surface area contributed by atoms with Crippen LogP contribution in [0.2, 0.25) is 0 Å². The van der Waals surface area contributed by atoms with Crippen LogP contribution in [0.3, 0.4) is 0 Å². The van der Waals surface area contributed by atoms with Gasteiger partial charge in [-0.05, 0) is 35.7 Å². The quantitative estimate of drug-likeness (QED) is 0.272. The molecule has 8 heteroatoms. The smallest absolute Gasteiger partial charge is 0.279 e. The highest BCUT2D eigenvalue weighted by Crippen LogP contribution is 2.47. The van der Waals surface area contributed by atoms with Crippen molar-refractivity contribution in [1.29, 1.82) is 0 Å². The summed E-state index contributed by atoms with van der Waals surface area (Å²) in [6.07, 6.45) is 3.52. The molecule has 5 aromatic rings. The van der Waals surface area contributed by atoms with Crippen LogP contribution in [0.1, 0.15) is 23.6 Å². The lowest BCUT2D eigenvalue weighted by atomic mass is 9.70. The first-order chi connectivity index (χ1) is 15.4. The molecule has 0 fully saturated rings. The number of aromatic amines is 2. The van der Waals surface area contributed by atoms with Gasteiger partial charge in [0.15, 0.2) is 0 Å². The van der Waals surface area contributed by atoms with Gasteiger partial charge in [-0.25, -0.2) is 0 Å². The van der Waals surface area contributed by atoms with E-state index in [4.69, 9.17) is 0 Å². The lowest BCUT2D eigenvalue weighted by Gasteiger charge is -2.30. The van der Waals surface area contributed by atoms with Crippen molar-refractivity contribution in [2.24, 2.45) is 0 Å². The maximum atomic E-state index is 11.9. The van der Waals surface area contributed by atoms with E-state index >= 15 is 0 Å². The average Bonchev–Trinajstić information content (AvgIpc) is 3.44. The second-order valence-electron chi connectivity index (χ2n) is 7.81. The Morgan fingerprint density at radius 1 is 0.688 bits per heavy atom. The second kappa shape index (κ2) is 7.05. The molecule has 3 aromatic carbocycles. The Morgan fingerprint density at radius 3 is 1.59 bits per heavy atom. The number of hydrogen-bond donors (Lipinski definition) is 2. The second-order valence-corrected chi connectivity index (χ2v) is 7.81. The van der Waals surface area contributed by atoms with E-state index in [1.807, 2.05) is 37.3 Å². The minimum atomic E-state index is -0.921. The van der Waals surface area contributed by atoms with Crippen LogP contribution in [0.15, 0.2) is 79.1 Å². The van der Waals surface area contributed by atoms with E-state index in [2.05, 4.69) is 9.97 Å². The molecule has 0 atom stereocenters. The molecule has 0 spiro atoms. The lowest BCUT2D eigenvalue weighted by molar-refractivity contribution is -0.383. The van der Waals surface area contributed by atoms with E-state index in [9.17, 15) is 20.2 Å². The minimum absolute atomic E-state index is 0.0183. The van der Waals surface area contributed by atoms with Crippen molar-refractivity contribution < 1.29 is 9.85 Å². The molecule has 0 bridgehead atoms. The molecule has 0 radical (unpaired) electrons. The first-order valence-electron chi connectivity index (χ1n) is 9.98. The van der Waals surface area contributed by atoms with Gasteiger partial charge in [-0.2, -0.15) is 0 Å². The van der Waals surface area contributed by atoms with Gasteiger partial charge in [0.25, 0.3) is 11.4 Å². The monoisotopic (exact) mass is 426 g/mol. The van der Waals surface area contributed by atoms with Crippen LogP contribution in [-0.2, 0) is 5.41 Å². The van der Waals surface area contributed by atoms with Crippen molar-refractivity contribution in [3.05, 3.63) is 116 Å². The Labute approximate surface area is 181 Å². The maximum Gasteiger partial charge on any atom is 0.279 e. The van der Waals surface area contributed by atoms with Gasteiger partial charge in [-0.3, -0.25) is 20.2 Å². The molecule has 0 saturated heterocycles. The van der Waals surface area contributed by atoms with Gasteiger partial charge in [-0.15, -0.1) is 0 Å². The molecule has 32 heavy (non-hydrogen) atoms. The first kappa shape index (κ1) is 19.5. The summed E-state index contributed by atoms with van der Waals surface area (Å²) in [5.41, 5.74) is 2.51. The van der Waals surface area contributed by atoms with E-state index in [0.29, 0.717) is 32.9 Å². The van der Waals surface area contributed by atoms with Gasteiger partial charge in [0.1, 0.15) is 0 Å². The van der Waals surface area contributed by atoms with Crippen molar-refractivity contribution in [2.45, 2.75) is 12.3 Å². The number of fused-ring (bicyclic) bond motifs is 2. The molecule has 0 aliphatic carbocycles. The van der Waals surface area contributed by atoms with E-state index < -0.39 is 15.3 Å². The maximum absolute atomic E-state index is 11.9. The van der Waals surface area contributed by atoms with Crippen LogP contribution in [-0.4, -0.2) is 19.8 Å². The van der Waals surface area contributed by atoms with E-state index in [1.165, 1.54) is 12.1 Å². The zero-order chi connectivity index (χ0) is 22.5. The van der Waals surface area contributed by atoms with Gasteiger partial charge in [0, 0.05) is 29.9 Å². The van der Waals surface area contributed by atoms with Gasteiger partial charge in [-0.1, -0.05) is 42.5 Å². The molecule has 2 aromatic heterocycles. The Bertz CT molecular complexity index is 1410. The third kappa shape index (κ3) is 2.70. The van der Waals surface area contributed by atoms with Crippen LogP contribution >= 0.6 is 0 Å². The first-order valence-corrected chi connectivity index (χ1v) is 9.98. The number of non-ortho nitro benzene ring substituents is 2. The van der Waals surface area contributed by atoms with E-state index in [-0.39, 0.29) is 11.4 Å². The van der Waals surface area contributed by atoms with Gasteiger partial charge < -0.3 is 9.97 Å². The summed E-state index contributed by atoms with van der Waals surface area (Å²) in [6, 6.07) is 19.3. The normalized spacial score (nSPS) is 11.8. The molecular weight excluding hydrogens is 408 g/mol. The van der Waals surface area contributed by atoms with E-state index in [0.717, 1.165) is 5.56 Å². The average molecular weight is 426 g/mol. The Hall–Kier alpha value is -4.46. The number of nitrogens with zero attached hydrogens (tertiary/aromatic N) is 2. The zero-order valence-electron chi connectivity index (χ0n) is 17.0. The number of aromatic nitrogens is 2. The van der Waals surface area contributed by atoms with Crippen molar-refractivity contribution in [3.8, 4) is 0 Å². The molecule has 2 heterocycles. The highest BCUT2D eigenvalue weighted by Gasteiger charge is 2.39. The molecule has 0 aliphatic rings. The molecule has 8 nitrogen and oxygen atoms in total. The standard InChI is InChI=1S/C24H18N4O4/c1-24(15-7-3-2-4-8-15,16-13-25-18-9-5-11-20(22(16)18)27(29)30)17-14-26-19-10-6-12-21(23(17)19)28(31)32/h2-14,25-26H,1H3. The van der Waals surface area contributed by atoms with Crippen molar-refractivity contribution in [1.82, 2.24) is 9.97 Å². The largest absolute Gasteiger partial charge is 0.361 e.